The second-order valence-corrected chi connectivity index (χ2v) is 11.2. The van der Waals surface area contributed by atoms with E-state index in [9.17, 15) is 0 Å². The zero-order valence-corrected chi connectivity index (χ0v) is 10.5. The van der Waals surface area contributed by atoms with Crippen molar-refractivity contribution in [1.29, 1.82) is 0 Å². The monoisotopic (exact) mass is 195 g/mol. The second kappa shape index (κ2) is 4.02. The lowest BCUT2D eigenvalue weighted by Gasteiger charge is -2.17. The fourth-order valence-electron chi connectivity index (χ4n) is 0.963. The molecule has 0 unspecified atom stereocenters. The van der Waals surface area contributed by atoms with Gasteiger partial charge in [0.15, 0.2) is 0 Å². The maximum absolute atomic E-state index is 3.72. The summed E-state index contributed by atoms with van der Waals surface area (Å²) < 4.78 is 3.72. The van der Waals surface area contributed by atoms with Gasteiger partial charge < -0.3 is 4.65 Å². The molecule has 3 heteroatoms. The van der Waals surface area contributed by atoms with Crippen molar-refractivity contribution in [3.8, 4) is 0 Å². The molecule has 0 fully saturated rings. The standard InChI is InChI=1S/C9H17NSi2/c1-12(2,3)10-11-9-7-5-4-6-8-9/h4-8,10H,11H2,1-3H3. The molecule has 0 aliphatic heterocycles. The summed E-state index contributed by atoms with van der Waals surface area (Å²) >= 11 is 0. The maximum Gasteiger partial charge on any atom is 0.118 e. The molecule has 0 heterocycles. The van der Waals surface area contributed by atoms with Crippen LogP contribution in [0.2, 0.25) is 19.6 Å². The Morgan fingerprint density at radius 1 is 1.08 bits per heavy atom. The predicted molar refractivity (Wildman–Crippen MR) is 61.1 cm³/mol. The zero-order chi connectivity index (χ0) is 9.03. The van der Waals surface area contributed by atoms with Crippen LogP contribution >= 0.6 is 0 Å². The van der Waals surface area contributed by atoms with Crippen molar-refractivity contribution >= 4 is 23.1 Å². The summed E-state index contributed by atoms with van der Waals surface area (Å²) in [5.41, 5.74) is 0. The van der Waals surface area contributed by atoms with E-state index in [-0.39, 0.29) is 9.68 Å². The Kier molecular flexibility index (Phi) is 3.25. The Morgan fingerprint density at radius 3 is 2.17 bits per heavy atom. The lowest BCUT2D eigenvalue weighted by atomic mass is 10.4. The summed E-state index contributed by atoms with van der Waals surface area (Å²) in [6, 6.07) is 10.8. The fraction of sp³-hybridized carbons (Fsp3) is 0.333. The molecular formula is C9H17NSi2. The van der Waals surface area contributed by atoms with Crippen molar-refractivity contribution < 1.29 is 0 Å². The molecule has 1 aromatic rings. The van der Waals surface area contributed by atoms with Crippen molar-refractivity contribution in [1.82, 2.24) is 4.65 Å². The van der Waals surface area contributed by atoms with Crippen LogP contribution in [-0.2, 0) is 0 Å². The minimum absolute atomic E-state index is 0.204. The minimum Gasteiger partial charge on any atom is -0.361 e. The van der Waals surface area contributed by atoms with Crippen molar-refractivity contribution in [2.75, 3.05) is 0 Å². The van der Waals surface area contributed by atoms with Crippen LogP contribution in [0.25, 0.3) is 0 Å². The highest BCUT2D eigenvalue weighted by molar-refractivity contribution is 6.81. The largest absolute Gasteiger partial charge is 0.361 e. The van der Waals surface area contributed by atoms with Crippen LogP contribution in [0.15, 0.2) is 30.3 Å². The van der Waals surface area contributed by atoms with Crippen LogP contribution in [0.1, 0.15) is 0 Å². The van der Waals surface area contributed by atoms with Gasteiger partial charge in [0.05, 0.1) is 0 Å². The molecule has 0 aliphatic carbocycles. The number of nitrogens with one attached hydrogen (secondary N) is 1. The first-order valence-electron chi connectivity index (χ1n) is 4.37. The summed E-state index contributed by atoms with van der Waals surface area (Å²) in [6.07, 6.45) is 0. The predicted octanol–water partition coefficient (Wildman–Crippen LogP) is 0.820. The number of hydrogen-bond donors (Lipinski definition) is 1. The third-order valence-electron chi connectivity index (χ3n) is 1.67. The molecule has 66 valence electrons. The molecule has 0 spiro atoms. The highest BCUT2D eigenvalue weighted by Crippen LogP contribution is 1.91. The van der Waals surface area contributed by atoms with Gasteiger partial charge in [-0.05, 0) is 0 Å². The van der Waals surface area contributed by atoms with Gasteiger partial charge in [-0.3, -0.25) is 0 Å². The van der Waals surface area contributed by atoms with E-state index in [1.54, 1.807) is 0 Å². The van der Waals surface area contributed by atoms with Gasteiger partial charge in [-0.2, -0.15) is 0 Å². The summed E-state index contributed by atoms with van der Waals surface area (Å²) in [7, 11) is -1.23. The third-order valence-corrected chi connectivity index (χ3v) is 7.50. The Morgan fingerprint density at radius 2 is 1.67 bits per heavy atom. The van der Waals surface area contributed by atoms with E-state index in [2.05, 4.69) is 54.6 Å². The molecule has 0 aliphatic rings. The van der Waals surface area contributed by atoms with Gasteiger partial charge in [0.2, 0.25) is 0 Å². The lowest BCUT2D eigenvalue weighted by Crippen LogP contribution is -2.47. The van der Waals surface area contributed by atoms with Crippen molar-refractivity contribution in [2.24, 2.45) is 0 Å². The van der Waals surface area contributed by atoms with Crippen molar-refractivity contribution in [3.63, 3.8) is 0 Å². The van der Waals surface area contributed by atoms with Crippen LogP contribution < -0.4 is 9.83 Å². The van der Waals surface area contributed by atoms with Gasteiger partial charge in [-0.1, -0.05) is 55.2 Å². The highest BCUT2D eigenvalue weighted by Gasteiger charge is 2.10. The molecule has 0 amide bonds. The van der Waals surface area contributed by atoms with Gasteiger partial charge in [-0.25, -0.2) is 0 Å². The zero-order valence-electron chi connectivity index (χ0n) is 8.09. The van der Waals surface area contributed by atoms with Gasteiger partial charge >= 0.3 is 0 Å². The Bertz CT molecular complexity index is 228. The van der Waals surface area contributed by atoms with Crippen LogP contribution in [0.5, 0.6) is 0 Å². The maximum atomic E-state index is 3.72. The molecule has 0 bridgehead atoms. The van der Waals surface area contributed by atoms with Crippen molar-refractivity contribution in [2.45, 2.75) is 19.6 Å². The van der Waals surface area contributed by atoms with Crippen LogP contribution in [0.3, 0.4) is 0 Å². The van der Waals surface area contributed by atoms with E-state index in [0.29, 0.717) is 0 Å². The SMILES string of the molecule is C[Si](C)(C)N[SiH2]c1ccccc1. The van der Waals surface area contributed by atoms with Gasteiger partial charge in [0, 0.05) is 0 Å². The van der Waals surface area contributed by atoms with E-state index in [1.807, 2.05) is 0 Å². The molecule has 0 aromatic heterocycles. The quantitative estimate of drug-likeness (QED) is 0.704. The van der Waals surface area contributed by atoms with Crippen molar-refractivity contribution in [3.05, 3.63) is 30.3 Å². The molecule has 1 N–H and O–H groups in total. The molecule has 0 saturated heterocycles. The second-order valence-electron chi connectivity index (χ2n) is 4.09. The Labute approximate surface area is 78.2 Å². The Hall–Kier alpha value is -0.386. The number of hydrogen-bond acceptors (Lipinski definition) is 1. The summed E-state index contributed by atoms with van der Waals surface area (Å²) in [4.78, 5) is 0. The Balaban J connectivity index is 2.44. The lowest BCUT2D eigenvalue weighted by molar-refractivity contribution is 1.41. The summed E-state index contributed by atoms with van der Waals surface area (Å²) in [6.45, 7) is 7.05. The molecular weight excluding hydrogens is 178 g/mol. The molecule has 1 rings (SSSR count). The molecule has 0 saturated carbocycles. The van der Waals surface area contributed by atoms with Gasteiger partial charge in [0.25, 0.3) is 0 Å². The van der Waals surface area contributed by atoms with Crippen LogP contribution in [0, 0.1) is 0 Å². The molecule has 0 radical (unpaired) electrons. The van der Waals surface area contributed by atoms with Gasteiger partial charge in [-0.15, -0.1) is 0 Å². The van der Waals surface area contributed by atoms with E-state index in [0.717, 1.165) is 0 Å². The van der Waals surface area contributed by atoms with Gasteiger partial charge in [0.1, 0.15) is 17.9 Å². The van der Waals surface area contributed by atoms with Crippen LogP contribution in [0.4, 0.5) is 0 Å². The summed E-state index contributed by atoms with van der Waals surface area (Å²) in [5.74, 6) is 0. The topological polar surface area (TPSA) is 12.0 Å². The molecule has 0 atom stereocenters. The molecule has 1 aromatic carbocycles. The normalized spacial score (nSPS) is 12.6. The first-order valence-corrected chi connectivity index (χ1v) is 9.28. The first kappa shape index (κ1) is 9.70. The average Bonchev–Trinajstić information content (AvgIpc) is 2.02. The van der Waals surface area contributed by atoms with Crippen LogP contribution in [-0.4, -0.2) is 17.9 Å². The first-order chi connectivity index (χ1) is 5.58. The molecule has 12 heavy (non-hydrogen) atoms. The molecule has 1 nitrogen and oxygen atoms in total. The third kappa shape index (κ3) is 3.85. The smallest absolute Gasteiger partial charge is 0.118 e. The van der Waals surface area contributed by atoms with E-state index in [1.165, 1.54) is 5.19 Å². The average molecular weight is 195 g/mol. The van der Waals surface area contributed by atoms with E-state index >= 15 is 0 Å². The number of rotatable bonds is 3. The summed E-state index contributed by atoms with van der Waals surface area (Å²) in [5, 5.41) is 1.51. The highest BCUT2D eigenvalue weighted by atomic mass is 28.4. The number of benzene rings is 1. The minimum atomic E-state index is -1.03. The fourth-order valence-corrected chi connectivity index (χ4v) is 4.41. The van der Waals surface area contributed by atoms with E-state index < -0.39 is 8.24 Å². The van der Waals surface area contributed by atoms with E-state index in [4.69, 9.17) is 0 Å².